The highest BCUT2D eigenvalue weighted by molar-refractivity contribution is 14.1. The number of carbonyl (C=O) groups excluding carboxylic acids is 1. The summed E-state index contributed by atoms with van der Waals surface area (Å²) in [7, 11) is 0. The second-order valence-electron chi connectivity index (χ2n) is 3.80. The first-order chi connectivity index (χ1) is 9.49. The molecule has 2 rings (SSSR count). The molecule has 20 heavy (non-hydrogen) atoms. The van der Waals surface area contributed by atoms with Gasteiger partial charge in [-0.25, -0.2) is 4.68 Å². The molecule has 0 saturated carbocycles. The lowest BCUT2D eigenvalue weighted by Crippen LogP contribution is -2.30. The van der Waals surface area contributed by atoms with Gasteiger partial charge in [0.25, 0.3) is 5.56 Å². The van der Waals surface area contributed by atoms with Crippen LogP contribution in [0.25, 0.3) is 0 Å². The minimum atomic E-state index is -0.600. The van der Waals surface area contributed by atoms with E-state index in [-0.39, 0.29) is 22.5 Å². The van der Waals surface area contributed by atoms with Crippen LogP contribution in [0.2, 0.25) is 10.0 Å². The van der Waals surface area contributed by atoms with Crippen LogP contribution < -0.4 is 10.9 Å². The molecule has 0 aliphatic carbocycles. The highest BCUT2D eigenvalue weighted by atomic mass is 127. The molecular weight excluding hydrogens is 416 g/mol. The zero-order valence-corrected chi connectivity index (χ0v) is 13.6. The molecule has 0 unspecified atom stereocenters. The number of halogens is 3. The number of anilines is 1. The second-order valence-corrected chi connectivity index (χ2v) is 5.74. The van der Waals surface area contributed by atoms with Crippen LogP contribution in [0, 0.1) is 3.57 Å². The Bertz CT molecular complexity index is 718. The van der Waals surface area contributed by atoms with Crippen molar-refractivity contribution in [2.24, 2.45) is 0 Å². The third-order valence-electron chi connectivity index (χ3n) is 2.38. The van der Waals surface area contributed by atoms with Crippen molar-refractivity contribution in [2.45, 2.75) is 6.54 Å². The summed E-state index contributed by atoms with van der Waals surface area (Å²) < 4.78 is 1.85. The Morgan fingerprint density at radius 1 is 1.35 bits per heavy atom. The number of nitrogens with zero attached hydrogens (tertiary/aromatic N) is 2. The summed E-state index contributed by atoms with van der Waals surface area (Å²) in [5, 5.41) is 6.38. The molecule has 1 aromatic heterocycles. The number of hydrogen-bond acceptors (Lipinski definition) is 3. The maximum absolute atomic E-state index is 11.9. The van der Waals surface area contributed by atoms with Crippen LogP contribution >= 0.6 is 45.8 Å². The van der Waals surface area contributed by atoms with Crippen LogP contribution in [-0.2, 0) is 11.3 Å². The van der Waals surface area contributed by atoms with E-state index in [9.17, 15) is 9.59 Å². The zero-order chi connectivity index (χ0) is 14.7. The molecule has 1 N–H and O–H groups in total. The van der Waals surface area contributed by atoms with Crippen molar-refractivity contribution in [2.75, 3.05) is 5.32 Å². The Hall–Kier alpha value is -1.12. The van der Waals surface area contributed by atoms with Gasteiger partial charge in [-0.2, -0.15) is 5.10 Å². The number of benzene rings is 1. The molecule has 0 atom stereocenters. The first-order valence-electron chi connectivity index (χ1n) is 5.44. The maximum Gasteiger partial charge on any atom is 0.287 e. The number of para-hydroxylation sites is 1. The van der Waals surface area contributed by atoms with Gasteiger partial charge < -0.3 is 5.32 Å². The maximum atomic E-state index is 11.9. The Kier molecular flexibility index (Phi) is 5.00. The first kappa shape index (κ1) is 15.3. The Morgan fingerprint density at radius 2 is 2.05 bits per heavy atom. The minimum absolute atomic E-state index is 0.0610. The van der Waals surface area contributed by atoms with E-state index in [0.29, 0.717) is 5.69 Å². The smallest absolute Gasteiger partial charge is 0.287 e. The molecular formula is C12H8Cl2IN3O2. The monoisotopic (exact) mass is 423 g/mol. The summed E-state index contributed by atoms with van der Waals surface area (Å²) in [6, 6.07) is 7.30. The van der Waals surface area contributed by atoms with Crippen LogP contribution in [0.3, 0.4) is 0 Å². The molecule has 8 heteroatoms. The van der Waals surface area contributed by atoms with Crippen LogP contribution in [-0.4, -0.2) is 15.7 Å². The molecule has 1 aromatic carbocycles. The number of hydrogen-bond donors (Lipinski definition) is 1. The van der Waals surface area contributed by atoms with Gasteiger partial charge in [0.05, 0.1) is 16.9 Å². The van der Waals surface area contributed by atoms with E-state index in [1.807, 2.05) is 12.1 Å². The topological polar surface area (TPSA) is 64.0 Å². The quantitative estimate of drug-likeness (QED) is 0.772. The molecule has 0 saturated heterocycles. The highest BCUT2D eigenvalue weighted by Gasteiger charge is 2.11. The minimum Gasteiger partial charge on any atom is -0.324 e. The summed E-state index contributed by atoms with van der Waals surface area (Å²) >= 11 is 13.5. The van der Waals surface area contributed by atoms with E-state index in [1.54, 1.807) is 12.1 Å². The van der Waals surface area contributed by atoms with Crippen molar-refractivity contribution >= 4 is 57.4 Å². The molecule has 5 nitrogen and oxygen atoms in total. The average molecular weight is 424 g/mol. The van der Waals surface area contributed by atoms with Gasteiger partial charge in [-0.05, 0) is 34.7 Å². The Labute approximate surface area is 138 Å². The molecule has 0 bridgehead atoms. The summed E-state index contributed by atoms with van der Waals surface area (Å²) in [5.41, 5.74) is 0.0725. The van der Waals surface area contributed by atoms with Gasteiger partial charge in [-0.3, -0.25) is 9.59 Å². The van der Waals surface area contributed by atoms with Crippen molar-refractivity contribution in [3.63, 3.8) is 0 Å². The molecule has 0 spiro atoms. The van der Waals surface area contributed by atoms with Crippen LogP contribution in [0.4, 0.5) is 5.69 Å². The van der Waals surface area contributed by atoms with Crippen molar-refractivity contribution in [1.29, 1.82) is 0 Å². The number of aromatic nitrogens is 2. The van der Waals surface area contributed by atoms with Gasteiger partial charge >= 0.3 is 0 Å². The van der Waals surface area contributed by atoms with Crippen LogP contribution in [0.1, 0.15) is 0 Å². The second kappa shape index (κ2) is 6.55. The SMILES string of the molecule is O=C(Cn1ncc(Cl)c(Cl)c1=O)Nc1ccccc1I. The van der Waals surface area contributed by atoms with Gasteiger partial charge in [-0.1, -0.05) is 35.3 Å². The van der Waals surface area contributed by atoms with Crippen LogP contribution in [0.5, 0.6) is 0 Å². The lowest BCUT2D eigenvalue weighted by Gasteiger charge is -2.08. The number of nitrogens with one attached hydrogen (secondary N) is 1. The Balaban J connectivity index is 2.15. The summed E-state index contributed by atoms with van der Waals surface area (Å²) in [6.45, 7) is -0.235. The lowest BCUT2D eigenvalue weighted by atomic mass is 10.3. The molecule has 1 amide bonds. The zero-order valence-electron chi connectivity index (χ0n) is 9.94. The van der Waals surface area contributed by atoms with Crippen molar-refractivity contribution < 1.29 is 4.79 Å². The molecule has 0 aliphatic heterocycles. The largest absolute Gasteiger partial charge is 0.324 e. The summed E-state index contributed by atoms with van der Waals surface area (Å²) in [5.74, 6) is -0.373. The standard InChI is InChI=1S/C12H8Cl2IN3O2/c13-7-5-16-18(12(20)11(7)14)6-10(19)17-9-4-2-1-3-8(9)15/h1-5H,6H2,(H,17,19). The predicted molar refractivity (Wildman–Crippen MR) is 86.3 cm³/mol. The van der Waals surface area contributed by atoms with E-state index in [1.165, 1.54) is 6.20 Å². The highest BCUT2D eigenvalue weighted by Crippen LogP contribution is 2.17. The van der Waals surface area contributed by atoms with E-state index < -0.39 is 5.56 Å². The third-order valence-corrected chi connectivity index (χ3v) is 4.07. The molecule has 2 aromatic rings. The average Bonchev–Trinajstić information content (AvgIpc) is 2.42. The van der Waals surface area contributed by atoms with Crippen molar-refractivity contribution in [3.8, 4) is 0 Å². The van der Waals surface area contributed by atoms with E-state index in [4.69, 9.17) is 23.2 Å². The number of rotatable bonds is 3. The summed E-state index contributed by atoms with van der Waals surface area (Å²) in [6.07, 6.45) is 1.23. The third kappa shape index (κ3) is 3.50. The first-order valence-corrected chi connectivity index (χ1v) is 7.28. The van der Waals surface area contributed by atoms with E-state index in [0.717, 1.165) is 8.25 Å². The van der Waals surface area contributed by atoms with Gasteiger partial charge in [-0.15, -0.1) is 0 Å². The van der Waals surface area contributed by atoms with Gasteiger partial charge in [0.2, 0.25) is 5.91 Å². The number of amides is 1. The molecule has 0 radical (unpaired) electrons. The van der Waals surface area contributed by atoms with Crippen molar-refractivity contribution in [3.05, 3.63) is 54.4 Å². The molecule has 0 fully saturated rings. The van der Waals surface area contributed by atoms with Gasteiger partial charge in [0.1, 0.15) is 11.6 Å². The normalized spacial score (nSPS) is 10.3. The number of carbonyl (C=O) groups is 1. The fraction of sp³-hybridized carbons (Fsp3) is 0.0833. The fourth-order valence-electron chi connectivity index (χ4n) is 1.45. The lowest BCUT2D eigenvalue weighted by molar-refractivity contribution is -0.117. The Morgan fingerprint density at radius 3 is 2.75 bits per heavy atom. The molecule has 104 valence electrons. The predicted octanol–water partition coefficient (Wildman–Crippen LogP) is 2.79. The van der Waals surface area contributed by atoms with Crippen molar-refractivity contribution in [1.82, 2.24) is 9.78 Å². The molecule has 0 aliphatic rings. The van der Waals surface area contributed by atoms with Gasteiger partial charge in [0, 0.05) is 3.57 Å². The molecule has 1 heterocycles. The van der Waals surface area contributed by atoms with Crippen LogP contribution in [0.15, 0.2) is 35.3 Å². The van der Waals surface area contributed by atoms with E-state index >= 15 is 0 Å². The van der Waals surface area contributed by atoms with Gasteiger partial charge in [0.15, 0.2) is 0 Å². The summed E-state index contributed by atoms with van der Waals surface area (Å²) in [4.78, 5) is 23.6. The fourth-order valence-corrected chi connectivity index (χ4v) is 2.24. The van der Waals surface area contributed by atoms with E-state index in [2.05, 4.69) is 33.0 Å².